The smallest absolute Gasteiger partial charge is 0.338 e. The van der Waals surface area contributed by atoms with Crippen molar-refractivity contribution in [2.45, 2.75) is 12.3 Å². The van der Waals surface area contributed by atoms with Gasteiger partial charge in [0.25, 0.3) is 0 Å². The molecule has 3 aliphatic carbocycles. The molecule has 0 saturated heterocycles. The fourth-order valence-corrected chi connectivity index (χ4v) is 4.63. The second kappa shape index (κ2) is 6.13. The Labute approximate surface area is 153 Å². The van der Waals surface area contributed by atoms with Gasteiger partial charge in [-0.2, -0.15) is 0 Å². The molecule has 0 N–H and O–H groups in total. The Morgan fingerprint density at radius 1 is 1.19 bits per heavy atom. The molecule has 0 aromatic heterocycles. The Bertz CT molecular complexity index is 833. The summed E-state index contributed by atoms with van der Waals surface area (Å²) in [4.78, 5) is 25.3. The molecule has 1 aromatic carbocycles. The van der Waals surface area contributed by atoms with E-state index < -0.39 is 11.4 Å². The maximum absolute atomic E-state index is 13.1. The van der Waals surface area contributed by atoms with Crippen molar-refractivity contribution < 1.29 is 19.1 Å². The largest absolute Gasteiger partial charge is 0.468 e. The van der Waals surface area contributed by atoms with Crippen LogP contribution >= 0.6 is 0 Å². The van der Waals surface area contributed by atoms with E-state index in [0.717, 1.165) is 23.1 Å². The third-order valence-electron chi connectivity index (χ3n) is 5.69. The van der Waals surface area contributed by atoms with Crippen molar-refractivity contribution in [3.8, 4) is 0 Å². The minimum atomic E-state index is -0.894. The maximum atomic E-state index is 13.1. The number of esters is 2. The number of hydrogen-bond donors (Lipinski definition) is 0. The molecule has 26 heavy (non-hydrogen) atoms. The molecule has 4 nitrogen and oxygen atoms in total. The molecule has 4 rings (SSSR count). The van der Waals surface area contributed by atoms with Gasteiger partial charge in [-0.3, -0.25) is 4.79 Å². The normalized spacial score (nSPS) is 28.5. The topological polar surface area (TPSA) is 52.6 Å². The fraction of sp³-hybridized carbons (Fsp3) is 0.273. The van der Waals surface area contributed by atoms with Gasteiger partial charge in [0.05, 0.1) is 20.1 Å². The summed E-state index contributed by atoms with van der Waals surface area (Å²) < 4.78 is 10.2. The first kappa shape index (κ1) is 16.6. The standard InChI is InChI=1S/C22H20O4/c1-25-20(23)17-11-12-22(21(24)26-2)18(14-7-4-3-5-8-14)13-15-9-6-10-16(17)19(15)22/h3-12,15,18H,13H2,1-2H3/t15-,18-,22-/m0/s1. The third-order valence-corrected chi connectivity index (χ3v) is 5.69. The Morgan fingerprint density at radius 2 is 1.96 bits per heavy atom. The van der Waals surface area contributed by atoms with Crippen molar-refractivity contribution in [2.75, 3.05) is 14.2 Å². The fourth-order valence-electron chi connectivity index (χ4n) is 4.63. The van der Waals surface area contributed by atoms with Crippen molar-refractivity contribution in [1.29, 1.82) is 0 Å². The van der Waals surface area contributed by atoms with Gasteiger partial charge in [-0.25, -0.2) is 4.79 Å². The number of hydrogen-bond acceptors (Lipinski definition) is 4. The molecule has 0 radical (unpaired) electrons. The van der Waals surface area contributed by atoms with Crippen molar-refractivity contribution in [3.05, 3.63) is 83.7 Å². The van der Waals surface area contributed by atoms with Crippen LogP contribution in [0.5, 0.6) is 0 Å². The van der Waals surface area contributed by atoms with Gasteiger partial charge in [0.15, 0.2) is 0 Å². The van der Waals surface area contributed by atoms with Crippen molar-refractivity contribution in [2.24, 2.45) is 11.3 Å². The number of methoxy groups -OCH3 is 2. The van der Waals surface area contributed by atoms with Gasteiger partial charge in [-0.1, -0.05) is 55.0 Å². The van der Waals surface area contributed by atoms with Crippen molar-refractivity contribution in [1.82, 2.24) is 0 Å². The van der Waals surface area contributed by atoms with Gasteiger partial charge in [-0.05, 0) is 29.2 Å². The number of allylic oxidation sites excluding steroid dienone is 2. The van der Waals surface area contributed by atoms with E-state index in [1.54, 1.807) is 6.08 Å². The molecule has 1 fully saturated rings. The monoisotopic (exact) mass is 348 g/mol. The molecule has 0 heterocycles. The molecule has 1 aromatic rings. The van der Waals surface area contributed by atoms with Crippen LogP contribution in [0.3, 0.4) is 0 Å². The van der Waals surface area contributed by atoms with Gasteiger partial charge in [-0.15, -0.1) is 0 Å². The second-order valence-electron chi connectivity index (χ2n) is 6.78. The average Bonchev–Trinajstić information content (AvgIpc) is 3.05. The van der Waals surface area contributed by atoms with E-state index in [4.69, 9.17) is 9.47 Å². The van der Waals surface area contributed by atoms with Crippen molar-refractivity contribution in [3.63, 3.8) is 0 Å². The molecule has 4 heteroatoms. The lowest BCUT2D eigenvalue weighted by Gasteiger charge is -2.38. The molecule has 3 aliphatic rings. The molecule has 3 atom stereocenters. The van der Waals surface area contributed by atoms with Crippen LogP contribution in [0.4, 0.5) is 0 Å². The quantitative estimate of drug-likeness (QED) is 0.621. The molecule has 0 spiro atoms. The summed E-state index contributed by atoms with van der Waals surface area (Å²) in [5.74, 6) is -0.146. The van der Waals surface area contributed by atoms with E-state index >= 15 is 0 Å². The zero-order valence-electron chi connectivity index (χ0n) is 14.8. The van der Waals surface area contributed by atoms with E-state index in [9.17, 15) is 9.59 Å². The predicted molar refractivity (Wildman–Crippen MR) is 96.6 cm³/mol. The Hall–Kier alpha value is -2.88. The van der Waals surface area contributed by atoms with Crippen LogP contribution in [-0.4, -0.2) is 26.2 Å². The van der Waals surface area contributed by atoms with E-state index in [2.05, 4.69) is 6.08 Å². The Morgan fingerprint density at radius 3 is 2.65 bits per heavy atom. The molecular formula is C22H20O4. The van der Waals surface area contributed by atoms with Crippen LogP contribution < -0.4 is 0 Å². The van der Waals surface area contributed by atoms with Gasteiger partial charge >= 0.3 is 11.9 Å². The minimum Gasteiger partial charge on any atom is -0.468 e. The Kier molecular flexibility index (Phi) is 3.91. The van der Waals surface area contributed by atoms with Gasteiger partial charge in [0.2, 0.25) is 0 Å². The highest BCUT2D eigenvalue weighted by molar-refractivity contribution is 5.98. The highest BCUT2D eigenvalue weighted by Crippen LogP contribution is 2.62. The van der Waals surface area contributed by atoms with E-state index in [-0.39, 0.29) is 17.8 Å². The third kappa shape index (κ3) is 2.15. The molecule has 1 saturated carbocycles. The van der Waals surface area contributed by atoms with Gasteiger partial charge in [0, 0.05) is 11.8 Å². The maximum Gasteiger partial charge on any atom is 0.338 e. The first-order valence-corrected chi connectivity index (χ1v) is 8.68. The summed E-state index contributed by atoms with van der Waals surface area (Å²) in [6, 6.07) is 10.0. The molecular weight excluding hydrogens is 328 g/mol. The summed E-state index contributed by atoms with van der Waals surface area (Å²) in [5, 5.41) is 0. The van der Waals surface area contributed by atoms with Crippen molar-refractivity contribution >= 4 is 11.9 Å². The SMILES string of the molecule is COC(=O)[C+]1C=C[C@@]2(C(=O)OC)C3=C1[CH-]C=C[C@H]3C[C@H]2c1ccccc1. The first-order chi connectivity index (χ1) is 12.6. The van der Waals surface area contributed by atoms with E-state index in [1.165, 1.54) is 14.2 Å². The van der Waals surface area contributed by atoms with Crippen LogP contribution in [0.15, 0.2) is 65.8 Å². The van der Waals surface area contributed by atoms with Gasteiger partial charge in [0.1, 0.15) is 5.41 Å². The highest BCUT2D eigenvalue weighted by atomic mass is 16.5. The second-order valence-corrected chi connectivity index (χ2v) is 6.78. The lowest BCUT2D eigenvalue weighted by atomic mass is 9.64. The molecule has 0 unspecified atom stereocenters. The molecule has 0 aliphatic heterocycles. The number of carbonyl (C=O) groups is 2. The summed E-state index contributed by atoms with van der Waals surface area (Å²) >= 11 is 0. The lowest BCUT2D eigenvalue weighted by molar-refractivity contribution is -0.148. The van der Waals surface area contributed by atoms with Crippen LogP contribution in [0.1, 0.15) is 17.9 Å². The van der Waals surface area contributed by atoms with E-state index in [1.807, 2.05) is 48.9 Å². The summed E-state index contributed by atoms with van der Waals surface area (Å²) in [6.45, 7) is 0. The number of carbonyl (C=O) groups excluding carboxylic acids is 2. The number of rotatable bonds is 3. The molecule has 0 amide bonds. The predicted octanol–water partition coefficient (Wildman–Crippen LogP) is 3.34. The average molecular weight is 348 g/mol. The lowest BCUT2D eigenvalue weighted by Crippen LogP contribution is -2.39. The summed E-state index contributed by atoms with van der Waals surface area (Å²) in [5.41, 5.74) is 1.94. The molecule has 132 valence electrons. The molecule has 0 bridgehead atoms. The first-order valence-electron chi connectivity index (χ1n) is 8.68. The van der Waals surface area contributed by atoms with E-state index in [0.29, 0.717) is 5.92 Å². The number of ether oxygens (including phenoxy) is 2. The summed E-state index contributed by atoms with van der Waals surface area (Å²) in [6.07, 6.45) is 10.3. The van der Waals surface area contributed by atoms with Crippen LogP contribution in [0, 0.1) is 23.7 Å². The minimum absolute atomic E-state index is 0.0438. The zero-order chi connectivity index (χ0) is 18.3. The van der Waals surface area contributed by atoms with Crippen LogP contribution in [0.2, 0.25) is 0 Å². The number of benzene rings is 1. The summed E-state index contributed by atoms with van der Waals surface area (Å²) in [7, 11) is 2.79. The Balaban J connectivity index is 1.92. The van der Waals surface area contributed by atoms with Gasteiger partial charge < -0.3 is 9.47 Å². The zero-order valence-corrected chi connectivity index (χ0v) is 14.8. The van der Waals surface area contributed by atoms with Crippen LogP contribution in [0.25, 0.3) is 0 Å². The highest BCUT2D eigenvalue weighted by Gasteiger charge is 2.59. The van der Waals surface area contributed by atoms with Crippen LogP contribution in [-0.2, 0) is 19.1 Å².